The second kappa shape index (κ2) is 2.88. The lowest BCUT2D eigenvalue weighted by molar-refractivity contribution is 1.05. The first-order valence-corrected chi connectivity index (χ1v) is 5.88. The molecule has 0 radical (unpaired) electrons. The SMILES string of the molecule is c1ccc2c(c1)Nc1ccccc1[C@H]1C[C@H]21. The number of rotatable bonds is 0. The van der Waals surface area contributed by atoms with Gasteiger partial charge in [0.2, 0.25) is 0 Å². The lowest BCUT2D eigenvalue weighted by Gasteiger charge is -2.10. The standard InChI is InChI=1S/C15H13N/c1-3-7-14-10(5-1)12-9-13(12)11-6-2-4-8-15(11)16-14/h1-8,12-13,16H,9H2/t12-,13-/m1/s1. The summed E-state index contributed by atoms with van der Waals surface area (Å²) in [5.74, 6) is 1.49. The van der Waals surface area contributed by atoms with Gasteiger partial charge in [-0.3, -0.25) is 0 Å². The molecule has 1 fully saturated rings. The van der Waals surface area contributed by atoms with E-state index in [-0.39, 0.29) is 0 Å². The quantitative estimate of drug-likeness (QED) is 0.688. The first-order valence-electron chi connectivity index (χ1n) is 5.88. The minimum atomic E-state index is 0.743. The molecule has 2 aromatic rings. The van der Waals surface area contributed by atoms with Crippen molar-refractivity contribution in [2.45, 2.75) is 18.3 Å². The highest BCUT2D eigenvalue weighted by Crippen LogP contribution is 2.59. The Morgan fingerprint density at radius 2 is 1.25 bits per heavy atom. The molecule has 0 aromatic heterocycles. The van der Waals surface area contributed by atoms with Crippen LogP contribution in [-0.2, 0) is 0 Å². The van der Waals surface area contributed by atoms with Gasteiger partial charge in [0.25, 0.3) is 0 Å². The summed E-state index contributed by atoms with van der Waals surface area (Å²) in [6.07, 6.45) is 1.32. The molecule has 78 valence electrons. The van der Waals surface area contributed by atoms with E-state index in [0.717, 1.165) is 11.8 Å². The van der Waals surface area contributed by atoms with E-state index in [9.17, 15) is 0 Å². The Hall–Kier alpha value is -1.76. The lowest BCUT2D eigenvalue weighted by Crippen LogP contribution is -1.94. The third-order valence-corrected chi connectivity index (χ3v) is 3.78. The van der Waals surface area contributed by atoms with Crippen LogP contribution in [0, 0.1) is 0 Å². The van der Waals surface area contributed by atoms with E-state index in [4.69, 9.17) is 0 Å². The lowest BCUT2D eigenvalue weighted by atomic mass is 10.0. The zero-order valence-corrected chi connectivity index (χ0v) is 8.98. The average Bonchev–Trinajstić information content (AvgIpc) is 3.09. The van der Waals surface area contributed by atoms with Crippen LogP contribution >= 0.6 is 0 Å². The van der Waals surface area contributed by atoms with Crippen molar-refractivity contribution in [1.82, 2.24) is 0 Å². The fourth-order valence-electron chi connectivity index (χ4n) is 2.90. The Morgan fingerprint density at radius 3 is 1.81 bits per heavy atom. The molecule has 4 rings (SSSR count). The molecule has 1 heterocycles. The minimum absolute atomic E-state index is 0.743. The predicted molar refractivity (Wildman–Crippen MR) is 66.3 cm³/mol. The maximum Gasteiger partial charge on any atom is 0.0419 e. The number of hydrogen-bond donors (Lipinski definition) is 1. The van der Waals surface area contributed by atoms with Crippen molar-refractivity contribution in [3.05, 3.63) is 59.7 Å². The summed E-state index contributed by atoms with van der Waals surface area (Å²) in [5, 5.41) is 3.56. The summed E-state index contributed by atoms with van der Waals surface area (Å²) in [4.78, 5) is 0. The molecule has 1 aliphatic carbocycles. The smallest absolute Gasteiger partial charge is 0.0419 e. The van der Waals surface area contributed by atoms with Crippen LogP contribution < -0.4 is 5.32 Å². The van der Waals surface area contributed by atoms with Gasteiger partial charge in [-0.2, -0.15) is 0 Å². The molecule has 1 N–H and O–H groups in total. The molecule has 1 nitrogen and oxygen atoms in total. The van der Waals surface area contributed by atoms with Crippen molar-refractivity contribution in [2.75, 3.05) is 5.32 Å². The molecule has 16 heavy (non-hydrogen) atoms. The van der Waals surface area contributed by atoms with E-state index < -0.39 is 0 Å². The Kier molecular flexibility index (Phi) is 1.51. The van der Waals surface area contributed by atoms with Gasteiger partial charge in [-0.25, -0.2) is 0 Å². The molecule has 0 amide bonds. The van der Waals surface area contributed by atoms with Crippen molar-refractivity contribution < 1.29 is 0 Å². The molecule has 0 unspecified atom stereocenters. The number of anilines is 2. The minimum Gasteiger partial charge on any atom is -0.355 e. The monoisotopic (exact) mass is 207 g/mol. The average molecular weight is 207 g/mol. The van der Waals surface area contributed by atoms with Crippen molar-refractivity contribution in [1.29, 1.82) is 0 Å². The van der Waals surface area contributed by atoms with Gasteiger partial charge in [-0.05, 0) is 41.5 Å². The van der Waals surface area contributed by atoms with Gasteiger partial charge in [-0.1, -0.05) is 36.4 Å². The summed E-state index contributed by atoms with van der Waals surface area (Å²) in [6, 6.07) is 17.4. The maximum absolute atomic E-state index is 3.56. The van der Waals surface area contributed by atoms with Gasteiger partial charge in [0.15, 0.2) is 0 Å². The third kappa shape index (κ3) is 1.06. The van der Waals surface area contributed by atoms with Crippen LogP contribution in [0.2, 0.25) is 0 Å². The van der Waals surface area contributed by atoms with E-state index in [1.165, 1.54) is 28.9 Å². The van der Waals surface area contributed by atoms with E-state index in [1.807, 2.05) is 0 Å². The Morgan fingerprint density at radius 1 is 0.750 bits per heavy atom. The summed E-state index contributed by atoms with van der Waals surface area (Å²) >= 11 is 0. The van der Waals surface area contributed by atoms with Crippen LogP contribution in [0.25, 0.3) is 0 Å². The molecule has 2 aliphatic rings. The van der Waals surface area contributed by atoms with Crippen molar-refractivity contribution in [3.63, 3.8) is 0 Å². The predicted octanol–water partition coefficient (Wildman–Crippen LogP) is 4.01. The number of benzene rings is 2. The van der Waals surface area contributed by atoms with Crippen molar-refractivity contribution >= 4 is 11.4 Å². The summed E-state index contributed by atoms with van der Waals surface area (Å²) in [6.45, 7) is 0. The van der Waals surface area contributed by atoms with Crippen molar-refractivity contribution in [3.8, 4) is 0 Å². The van der Waals surface area contributed by atoms with Crippen LogP contribution in [0.15, 0.2) is 48.5 Å². The van der Waals surface area contributed by atoms with Crippen LogP contribution in [0.5, 0.6) is 0 Å². The number of hydrogen-bond acceptors (Lipinski definition) is 1. The highest BCUT2D eigenvalue weighted by Gasteiger charge is 2.43. The van der Waals surface area contributed by atoms with Crippen LogP contribution in [0.4, 0.5) is 11.4 Å². The summed E-state index contributed by atoms with van der Waals surface area (Å²) in [7, 11) is 0. The van der Waals surface area contributed by atoms with Gasteiger partial charge >= 0.3 is 0 Å². The molecule has 1 aliphatic heterocycles. The Balaban J connectivity index is 1.94. The molecule has 2 aromatic carbocycles. The van der Waals surface area contributed by atoms with E-state index in [2.05, 4.69) is 53.8 Å². The van der Waals surface area contributed by atoms with Crippen LogP contribution in [-0.4, -0.2) is 0 Å². The molecule has 0 spiro atoms. The number of fused-ring (bicyclic) bond motifs is 5. The second-order valence-corrected chi connectivity index (χ2v) is 4.75. The normalized spacial score (nSPS) is 24.5. The Bertz CT molecular complexity index is 509. The van der Waals surface area contributed by atoms with E-state index >= 15 is 0 Å². The zero-order chi connectivity index (χ0) is 10.5. The van der Waals surface area contributed by atoms with E-state index in [0.29, 0.717) is 0 Å². The largest absolute Gasteiger partial charge is 0.355 e. The molecule has 0 bridgehead atoms. The van der Waals surface area contributed by atoms with Gasteiger partial charge < -0.3 is 5.32 Å². The fourth-order valence-corrected chi connectivity index (χ4v) is 2.90. The molecular formula is C15H13N. The first kappa shape index (κ1) is 8.40. The van der Waals surface area contributed by atoms with Crippen molar-refractivity contribution in [2.24, 2.45) is 0 Å². The van der Waals surface area contributed by atoms with Crippen LogP contribution in [0.1, 0.15) is 29.4 Å². The van der Waals surface area contributed by atoms with Gasteiger partial charge in [0, 0.05) is 11.4 Å². The zero-order valence-electron chi connectivity index (χ0n) is 8.98. The van der Waals surface area contributed by atoms with E-state index in [1.54, 1.807) is 0 Å². The fraction of sp³-hybridized carbons (Fsp3) is 0.200. The van der Waals surface area contributed by atoms with Crippen LogP contribution in [0.3, 0.4) is 0 Å². The van der Waals surface area contributed by atoms with Gasteiger partial charge in [-0.15, -0.1) is 0 Å². The summed E-state index contributed by atoms with van der Waals surface area (Å²) in [5.41, 5.74) is 5.56. The highest BCUT2D eigenvalue weighted by atomic mass is 14.9. The highest BCUT2D eigenvalue weighted by molar-refractivity contribution is 5.72. The number of nitrogens with one attached hydrogen (secondary N) is 1. The molecule has 1 saturated carbocycles. The third-order valence-electron chi connectivity index (χ3n) is 3.78. The van der Waals surface area contributed by atoms with Gasteiger partial charge in [0.1, 0.15) is 0 Å². The van der Waals surface area contributed by atoms with Gasteiger partial charge in [0.05, 0.1) is 0 Å². The number of para-hydroxylation sites is 2. The molecule has 0 saturated heterocycles. The second-order valence-electron chi connectivity index (χ2n) is 4.75. The molecule has 2 atom stereocenters. The summed E-state index contributed by atoms with van der Waals surface area (Å²) < 4.78 is 0. The molecular weight excluding hydrogens is 194 g/mol. The topological polar surface area (TPSA) is 12.0 Å². The Labute approximate surface area is 95.1 Å². The first-order chi connectivity index (χ1) is 7.93. The maximum atomic E-state index is 3.56. The molecule has 1 heteroatoms.